The zero-order valence-electron chi connectivity index (χ0n) is 15.9. The Balaban J connectivity index is 1.42. The van der Waals surface area contributed by atoms with E-state index in [0.717, 1.165) is 11.4 Å². The summed E-state index contributed by atoms with van der Waals surface area (Å²) in [6.45, 7) is 3.08. The number of ether oxygens (including phenoxy) is 2. The largest absolute Gasteiger partial charge is 0.490 e. The number of rotatable bonds is 9. The van der Waals surface area contributed by atoms with Crippen LogP contribution < -0.4 is 20.1 Å². The second kappa shape index (κ2) is 10.0. The normalized spacial score (nSPS) is 10.2. The first-order valence-electron chi connectivity index (χ1n) is 9.20. The number of hydrogen-bond acceptors (Lipinski definition) is 4. The van der Waals surface area contributed by atoms with Crippen molar-refractivity contribution in [1.29, 1.82) is 0 Å². The lowest BCUT2D eigenvalue weighted by atomic mass is 10.2. The second-order valence-corrected chi connectivity index (χ2v) is 6.31. The van der Waals surface area contributed by atoms with Gasteiger partial charge >= 0.3 is 0 Å². The Hall–Kier alpha value is -3.47. The van der Waals surface area contributed by atoms with Crippen molar-refractivity contribution in [2.45, 2.75) is 6.92 Å². The average molecular weight is 376 g/mol. The molecule has 0 saturated heterocycles. The number of hydrogen-bond donors (Lipinski definition) is 2. The molecule has 0 aliphatic rings. The molecule has 0 spiro atoms. The van der Waals surface area contributed by atoms with E-state index >= 15 is 0 Å². The highest BCUT2D eigenvalue weighted by molar-refractivity contribution is 5.93. The summed E-state index contributed by atoms with van der Waals surface area (Å²) in [4.78, 5) is 12.1. The van der Waals surface area contributed by atoms with Gasteiger partial charge in [-0.05, 0) is 43.3 Å². The highest BCUT2D eigenvalue weighted by atomic mass is 16.5. The van der Waals surface area contributed by atoms with Crippen LogP contribution in [0, 0.1) is 6.92 Å². The molecule has 0 atom stereocenters. The zero-order chi connectivity index (χ0) is 19.6. The monoisotopic (exact) mass is 376 g/mol. The van der Waals surface area contributed by atoms with E-state index in [9.17, 15) is 4.79 Å². The molecule has 5 heteroatoms. The standard InChI is InChI=1S/C23H24N2O3/c1-18-10-12-19(13-11-18)24-17-23(26)25-20-6-5-9-22(16-20)28-15-14-27-21-7-3-2-4-8-21/h2-13,16,24H,14-15,17H2,1H3,(H,25,26). The predicted molar refractivity (Wildman–Crippen MR) is 112 cm³/mol. The maximum atomic E-state index is 12.1. The zero-order valence-corrected chi connectivity index (χ0v) is 15.9. The molecule has 0 aromatic heterocycles. The smallest absolute Gasteiger partial charge is 0.243 e. The first kappa shape index (κ1) is 19.3. The van der Waals surface area contributed by atoms with Crippen molar-refractivity contribution in [2.75, 3.05) is 30.4 Å². The minimum Gasteiger partial charge on any atom is -0.490 e. The molecule has 144 valence electrons. The first-order chi connectivity index (χ1) is 13.7. The van der Waals surface area contributed by atoms with E-state index in [1.54, 1.807) is 6.07 Å². The van der Waals surface area contributed by atoms with E-state index < -0.39 is 0 Å². The molecule has 0 bridgehead atoms. The fraction of sp³-hybridized carbons (Fsp3) is 0.174. The lowest BCUT2D eigenvalue weighted by molar-refractivity contribution is -0.114. The summed E-state index contributed by atoms with van der Waals surface area (Å²) in [5, 5.41) is 5.97. The van der Waals surface area contributed by atoms with Crippen molar-refractivity contribution in [3.05, 3.63) is 84.4 Å². The minimum atomic E-state index is -0.120. The second-order valence-electron chi connectivity index (χ2n) is 6.31. The molecule has 0 fully saturated rings. The fourth-order valence-corrected chi connectivity index (χ4v) is 2.56. The van der Waals surface area contributed by atoms with Crippen LogP contribution in [0.1, 0.15) is 5.56 Å². The fourth-order valence-electron chi connectivity index (χ4n) is 2.56. The molecule has 0 heterocycles. The molecule has 0 aliphatic carbocycles. The van der Waals surface area contributed by atoms with Crippen molar-refractivity contribution in [3.63, 3.8) is 0 Å². The number of anilines is 2. The summed E-state index contributed by atoms with van der Waals surface area (Å²) in [5.74, 6) is 1.37. The number of para-hydroxylation sites is 1. The Morgan fingerprint density at radius 1 is 0.786 bits per heavy atom. The van der Waals surface area contributed by atoms with Gasteiger partial charge in [-0.25, -0.2) is 0 Å². The van der Waals surface area contributed by atoms with E-state index in [0.29, 0.717) is 24.7 Å². The van der Waals surface area contributed by atoms with Crippen LogP contribution in [0.25, 0.3) is 0 Å². The number of carbonyl (C=O) groups excluding carboxylic acids is 1. The van der Waals surface area contributed by atoms with Gasteiger partial charge in [-0.15, -0.1) is 0 Å². The third-order valence-electron chi connectivity index (χ3n) is 3.99. The van der Waals surface area contributed by atoms with Gasteiger partial charge in [0.1, 0.15) is 24.7 Å². The van der Waals surface area contributed by atoms with Crippen LogP contribution in [-0.2, 0) is 4.79 Å². The van der Waals surface area contributed by atoms with Gasteiger partial charge in [0.25, 0.3) is 0 Å². The summed E-state index contributed by atoms with van der Waals surface area (Å²) >= 11 is 0. The lowest BCUT2D eigenvalue weighted by Gasteiger charge is -2.11. The molecule has 2 N–H and O–H groups in total. The Morgan fingerprint density at radius 2 is 1.46 bits per heavy atom. The maximum absolute atomic E-state index is 12.1. The van der Waals surface area contributed by atoms with Crippen molar-refractivity contribution >= 4 is 17.3 Å². The molecule has 3 rings (SSSR count). The quantitative estimate of drug-likeness (QED) is 0.540. The molecular weight excluding hydrogens is 352 g/mol. The van der Waals surface area contributed by atoms with Crippen LogP contribution in [-0.4, -0.2) is 25.7 Å². The average Bonchev–Trinajstić information content (AvgIpc) is 2.72. The van der Waals surface area contributed by atoms with Gasteiger partial charge in [0, 0.05) is 17.4 Å². The van der Waals surface area contributed by atoms with Gasteiger partial charge in [0.15, 0.2) is 0 Å². The number of benzene rings is 3. The van der Waals surface area contributed by atoms with Gasteiger partial charge in [-0.2, -0.15) is 0 Å². The number of nitrogens with one attached hydrogen (secondary N) is 2. The third kappa shape index (κ3) is 6.36. The van der Waals surface area contributed by atoms with Crippen LogP contribution in [0.2, 0.25) is 0 Å². The van der Waals surface area contributed by atoms with Crippen LogP contribution in [0.4, 0.5) is 11.4 Å². The van der Waals surface area contributed by atoms with E-state index in [1.165, 1.54) is 5.56 Å². The molecule has 0 unspecified atom stereocenters. The summed E-state index contributed by atoms with van der Waals surface area (Å²) < 4.78 is 11.3. The van der Waals surface area contributed by atoms with Crippen LogP contribution in [0.3, 0.4) is 0 Å². The molecule has 5 nitrogen and oxygen atoms in total. The van der Waals surface area contributed by atoms with Crippen molar-refractivity contribution < 1.29 is 14.3 Å². The Morgan fingerprint density at radius 3 is 2.21 bits per heavy atom. The Labute approximate surface area is 165 Å². The SMILES string of the molecule is Cc1ccc(NCC(=O)Nc2cccc(OCCOc3ccccc3)c2)cc1. The Bertz CT molecular complexity index is 880. The topological polar surface area (TPSA) is 59.6 Å². The minimum absolute atomic E-state index is 0.120. The number of amides is 1. The van der Waals surface area contributed by atoms with Gasteiger partial charge < -0.3 is 20.1 Å². The molecule has 0 aliphatic heterocycles. The van der Waals surface area contributed by atoms with E-state index in [-0.39, 0.29) is 12.5 Å². The predicted octanol–water partition coefficient (Wildman–Crippen LogP) is 4.50. The van der Waals surface area contributed by atoms with Crippen LogP contribution in [0.5, 0.6) is 11.5 Å². The van der Waals surface area contributed by atoms with Gasteiger partial charge in [0.05, 0.1) is 6.54 Å². The molecular formula is C23H24N2O3. The lowest BCUT2D eigenvalue weighted by Crippen LogP contribution is -2.21. The van der Waals surface area contributed by atoms with Gasteiger partial charge in [-0.1, -0.05) is 42.0 Å². The molecule has 3 aromatic carbocycles. The summed E-state index contributed by atoms with van der Waals surface area (Å²) in [6, 6.07) is 24.8. The highest BCUT2D eigenvalue weighted by Gasteiger charge is 2.04. The van der Waals surface area contributed by atoms with E-state index in [4.69, 9.17) is 9.47 Å². The summed E-state index contributed by atoms with van der Waals surface area (Å²) in [6.07, 6.45) is 0. The van der Waals surface area contributed by atoms with Crippen molar-refractivity contribution in [2.24, 2.45) is 0 Å². The van der Waals surface area contributed by atoms with Crippen LogP contribution in [0.15, 0.2) is 78.9 Å². The van der Waals surface area contributed by atoms with Crippen molar-refractivity contribution in [3.8, 4) is 11.5 Å². The first-order valence-corrected chi connectivity index (χ1v) is 9.20. The third-order valence-corrected chi connectivity index (χ3v) is 3.99. The molecule has 0 radical (unpaired) electrons. The molecule has 28 heavy (non-hydrogen) atoms. The van der Waals surface area contributed by atoms with Gasteiger partial charge in [-0.3, -0.25) is 4.79 Å². The maximum Gasteiger partial charge on any atom is 0.243 e. The summed E-state index contributed by atoms with van der Waals surface area (Å²) in [7, 11) is 0. The van der Waals surface area contributed by atoms with Crippen molar-refractivity contribution in [1.82, 2.24) is 0 Å². The summed E-state index contributed by atoms with van der Waals surface area (Å²) in [5.41, 5.74) is 2.79. The number of aryl methyl sites for hydroxylation is 1. The molecule has 1 amide bonds. The Kier molecular flexibility index (Phi) is 6.90. The van der Waals surface area contributed by atoms with E-state index in [1.807, 2.05) is 79.7 Å². The van der Waals surface area contributed by atoms with Gasteiger partial charge in [0.2, 0.25) is 5.91 Å². The van der Waals surface area contributed by atoms with Crippen LogP contribution >= 0.6 is 0 Å². The molecule has 3 aromatic rings. The van der Waals surface area contributed by atoms with E-state index in [2.05, 4.69) is 10.6 Å². The number of carbonyl (C=O) groups is 1. The molecule has 0 saturated carbocycles. The highest BCUT2D eigenvalue weighted by Crippen LogP contribution is 2.17.